The minimum absolute atomic E-state index is 0.195. The van der Waals surface area contributed by atoms with E-state index in [4.69, 9.17) is 14.2 Å². The number of hydrogen-bond donors (Lipinski definition) is 0. The number of ether oxygens (including phenoxy) is 3. The van der Waals surface area contributed by atoms with Gasteiger partial charge in [-0.25, -0.2) is 4.79 Å². The zero-order chi connectivity index (χ0) is 12.9. The molecule has 0 atom stereocenters. The highest BCUT2D eigenvalue weighted by Gasteiger charge is 2.52. The SMILES string of the molecule is O=C1OC2(CCC3(CC2)OCCO3)c2ccccc21. The van der Waals surface area contributed by atoms with Crippen LogP contribution in [0.15, 0.2) is 24.3 Å². The second-order valence-electron chi connectivity index (χ2n) is 5.54. The lowest BCUT2D eigenvalue weighted by molar-refractivity contribution is -0.202. The molecule has 1 aromatic rings. The summed E-state index contributed by atoms with van der Waals surface area (Å²) in [5.74, 6) is -0.616. The van der Waals surface area contributed by atoms with Crippen molar-refractivity contribution < 1.29 is 19.0 Å². The average molecular weight is 260 g/mol. The van der Waals surface area contributed by atoms with Gasteiger partial charge in [0.2, 0.25) is 0 Å². The quantitative estimate of drug-likeness (QED) is 0.672. The highest BCUT2D eigenvalue weighted by atomic mass is 16.7. The van der Waals surface area contributed by atoms with Gasteiger partial charge >= 0.3 is 5.97 Å². The van der Waals surface area contributed by atoms with E-state index in [1.807, 2.05) is 24.3 Å². The Kier molecular flexibility index (Phi) is 2.29. The van der Waals surface area contributed by atoms with E-state index in [1.54, 1.807) is 0 Å². The van der Waals surface area contributed by atoms with E-state index in [-0.39, 0.29) is 5.97 Å². The lowest BCUT2D eigenvalue weighted by Crippen LogP contribution is -2.42. The molecule has 3 aliphatic rings. The molecule has 4 rings (SSSR count). The number of hydrogen-bond acceptors (Lipinski definition) is 4. The number of fused-ring (bicyclic) bond motifs is 2. The number of benzene rings is 1. The molecule has 0 amide bonds. The van der Waals surface area contributed by atoms with Gasteiger partial charge in [0.15, 0.2) is 5.79 Å². The molecular formula is C15H16O4. The van der Waals surface area contributed by atoms with Crippen LogP contribution in [0.2, 0.25) is 0 Å². The van der Waals surface area contributed by atoms with E-state index in [9.17, 15) is 4.79 Å². The molecule has 1 aliphatic carbocycles. The normalized spacial score (nSPS) is 26.6. The van der Waals surface area contributed by atoms with Crippen molar-refractivity contribution in [2.24, 2.45) is 0 Å². The Bertz CT molecular complexity index is 521. The minimum Gasteiger partial charge on any atom is -0.451 e. The van der Waals surface area contributed by atoms with Gasteiger partial charge in [0.25, 0.3) is 0 Å². The maximum absolute atomic E-state index is 12.0. The Labute approximate surface area is 111 Å². The summed E-state index contributed by atoms with van der Waals surface area (Å²) in [4.78, 5) is 12.0. The first-order chi connectivity index (χ1) is 9.23. The van der Waals surface area contributed by atoms with Crippen LogP contribution in [-0.2, 0) is 19.8 Å². The number of carbonyl (C=O) groups excluding carboxylic acids is 1. The standard InChI is InChI=1S/C15H16O4/c16-13-11-3-1-2-4-12(11)14(19-13)5-7-15(8-6-14)17-9-10-18-15/h1-4H,5-10H2. The number of esters is 1. The summed E-state index contributed by atoms with van der Waals surface area (Å²) in [7, 11) is 0. The lowest BCUT2D eigenvalue weighted by atomic mass is 9.77. The first kappa shape index (κ1) is 11.4. The monoisotopic (exact) mass is 260 g/mol. The predicted octanol–water partition coefficient (Wildman–Crippen LogP) is 2.37. The molecule has 1 saturated carbocycles. The van der Waals surface area contributed by atoms with Crippen LogP contribution in [0, 0.1) is 0 Å². The van der Waals surface area contributed by atoms with E-state index in [2.05, 4.69) is 0 Å². The maximum Gasteiger partial charge on any atom is 0.339 e. The third-order valence-electron chi connectivity index (χ3n) is 4.56. The highest BCUT2D eigenvalue weighted by molar-refractivity contribution is 5.94. The van der Waals surface area contributed by atoms with Crippen molar-refractivity contribution in [3.63, 3.8) is 0 Å². The van der Waals surface area contributed by atoms with Gasteiger partial charge in [-0.15, -0.1) is 0 Å². The van der Waals surface area contributed by atoms with Gasteiger partial charge in [0, 0.05) is 18.4 Å². The maximum atomic E-state index is 12.0. The van der Waals surface area contributed by atoms with Crippen molar-refractivity contribution in [3.8, 4) is 0 Å². The molecule has 0 radical (unpaired) electrons. The highest BCUT2D eigenvalue weighted by Crippen LogP contribution is 2.50. The number of rotatable bonds is 0. The summed E-state index contributed by atoms with van der Waals surface area (Å²) in [5.41, 5.74) is 1.30. The number of carbonyl (C=O) groups is 1. The van der Waals surface area contributed by atoms with Crippen LogP contribution in [0.4, 0.5) is 0 Å². The summed E-state index contributed by atoms with van der Waals surface area (Å²) in [6.07, 6.45) is 3.12. The van der Waals surface area contributed by atoms with Crippen LogP contribution in [-0.4, -0.2) is 25.0 Å². The predicted molar refractivity (Wildman–Crippen MR) is 66.6 cm³/mol. The minimum atomic E-state index is -0.450. The summed E-state index contributed by atoms with van der Waals surface area (Å²) in [6, 6.07) is 7.70. The lowest BCUT2D eigenvalue weighted by Gasteiger charge is -2.40. The van der Waals surface area contributed by atoms with Crippen LogP contribution in [0.3, 0.4) is 0 Å². The van der Waals surface area contributed by atoms with E-state index in [1.165, 1.54) is 0 Å². The molecule has 0 unspecified atom stereocenters. The first-order valence-electron chi connectivity index (χ1n) is 6.84. The molecule has 2 aliphatic heterocycles. The van der Waals surface area contributed by atoms with Crippen molar-refractivity contribution >= 4 is 5.97 Å². The zero-order valence-corrected chi connectivity index (χ0v) is 10.7. The van der Waals surface area contributed by atoms with Crippen LogP contribution in [0.1, 0.15) is 41.6 Å². The average Bonchev–Trinajstić information content (AvgIpc) is 3.00. The largest absolute Gasteiger partial charge is 0.451 e. The zero-order valence-electron chi connectivity index (χ0n) is 10.7. The summed E-state index contributed by atoms with van der Waals surface area (Å²) in [6.45, 7) is 1.34. The van der Waals surface area contributed by atoms with Crippen molar-refractivity contribution in [2.45, 2.75) is 37.1 Å². The smallest absolute Gasteiger partial charge is 0.339 e. The molecule has 1 aromatic carbocycles. The van der Waals surface area contributed by atoms with Crippen molar-refractivity contribution in [1.29, 1.82) is 0 Å². The molecule has 0 N–H and O–H groups in total. The Morgan fingerprint density at radius 3 is 2.37 bits per heavy atom. The molecular weight excluding hydrogens is 244 g/mol. The molecule has 100 valence electrons. The van der Waals surface area contributed by atoms with E-state index in [0.29, 0.717) is 18.8 Å². The van der Waals surface area contributed by atoms with Crippen LogP contribution < -0.4 is 0 Å². The summed E-state index contributed by atoms with van der Waals surface area (Å²) < 4.78 is 17.2. The van der Waals surface area contributed by atoms with Gasteiger partial charge in [-0.1, -0.05) is 18.2 Å². The molecule has 1 saturated heterocycles. The molecule has 2 fully saturated rings. The topological polar surface area (TPSA) is 44.8 Å². The molecule has 0 aromatic heterocycles. The Morgan fingerprint density at radius 1 is 0.947 bits per heavy atom. The van der Waals surface area contributed by atoms with Crippen LogP contribution in [0.5, 0.6) is 0 Å². The molecule has 4 heteroatoms. The second-order valence-corrected chi connectivity index (χ2v) is 5.54. The van der Waals surface area contributed by atoms with Gasteiger partial charge in [-0.2, -0.15) is 0 Å². The molecule has 0 bridgehead atoms. The van der Waals surface area contributed by atoms with E-state index < -0.39 is 11.4 Å². The Morgan fingerprint density at radius 2 is 1.63 bits per heavy atom. The van der Waals surface area contributed by atoms with Gasteiger partial charge < -0.3 is 14.2 Å². The fourth-order valence-electron chi connectivity index (χ4n) is 3.54. The van der Waals surface area contributed by atoms with Crippen LogP contribution >= 0.6 is 0 Å². The fourth-order valence-corrected chi connectivity index (χ4v) is 3.54. The first-order valence-corrected chi connectivity index (χ1v) is 6.84. The summed E-state index contributed by atoms with van der Waals surface area (Å²) in [5, 5.41) is 0. The Balaban J connectivity index is 1.65. The third kappa shape index (κ3) is 1.56. The Hall–Kier alpha value is -1.39. The third-order valence-corrected chi connectivity index (χ3v) is 4.56. The van der Waals surface area contributed by atoms with Gasteiger partial charge in [0.1, 0.15) is 5.60 Å². The van der Waals surface area contributed by atoms with Gasteiger partial charge in [-0.3, -0.25) is 0 Å². The summed E-state index contributed by atoms with van der Waals surface area (Å²) >= 11 is 0. The van der Waals surface area contributed by atoms with Crippen molar-refractivity contribution in [2.75, 3.05) is 13.2 Å². The fraction of sp³-hybridized carbons (Fsp3) is 0.533. The molecule has 19 heavy (non-hydrogen) atoms. The van der Waals surface area contributed by atoms with E-state index >= 15 is 0 Å². The van der Waals surface area contributed by atoms with Gasteiger partial charge in [-0.05, 0) is 18.9 Å². The van der Waals surface area contributed by atoms with Gasteiger partial charge in [0.05, 0.1) is 18.8 Å². The second kappa shape index (κ2) is 3.81. The van der Waals surface area contributed by atoms with Crippen LogP contribution in [0.25, 0.3) is 0 Å². The van der Waals surface area contributed by atoms with Crippen molar-refractivity contribution in [1.82, 2.24) is 0 Å². The van der Waals surface area contributed by atoms with Crippen molar-refractivity contribution in [3.05, 3.63) is 35.4 Å². The van der Waals surface area contributed by atoms with E-state index in [0.717, 1.165) is 31.2 Å². The molecule has 4 nitrogen and oxygen atoms in total. The molecule has 2 heterocycles. The molecule has 2 spiro atoms.